The highest BCUT2D eigenvalue weighted by atomic mass is 32.2. The van der Waals surface area contributed by atoms with Crippen molar-refractivity contribution in [2.75, 3.05) is 17.9 Å². The van der Waals surface area contributed by atoms with Crippen molar-refractivity contribution in [2.24, 2.45) is 0 Å². The molecule has 0 saturated heterocycles. The first-order chi connectivity index (χ1) is 11.0. The van der Waals surface area contributed by atoms with Crippen LogP contribution in [0.2, 0.25) is 0 Å². The molecule has 0 fully saturated rings. The van der Waals surface area contributed by atoms with Crippen molar-refractivity contribution in [3.05, 3.63) is 48.3 Å². The van der Waals surface area contributed by atoms with E-state index in [0.717, 1.165) is 0 Å². The highest BCUT2D eigenvalue weighted by Gasteiger charge is 2.18. The van der Waals surface area contributed by atoms with Crippen LogP contribution >= 0.6 is 0 Å². The number of benzene rings is 2. The van der Waals surface area contributed by atoms with E-state index in [4.69, 9.17) is 9.47 Å². The molecule has 2 aromatic rings. The molecule has 0 unspecified atom stereocenters. The Morgan fingerprint density at radius 3 is 2.30 bits per heavy atom. The average Bonchev–Trinajstić information content (AvgIpc) is 2.51. The van der Waals surface area contributed by atoms with Crippen LogP contribution in [0.1, 0.15) is 13.8 Å². The fourth-order valence-corrected chi connectivity index (χ4v) is 3.03. The Morgan fingerprint density at radius 1 is 1.00 bits per heavy atom. The number of hydrogen-bond acceptors (Lipinski definition) is 4. The molecule has 124 valence electrons. The van der Waals surface area contributed by atoms with Gasteiger partial charge in [0.15, 0.2) is 11.5 Å². The Labute approximate surface area is 135 Å². The number of para-hydroxylation sites is 1. The van der Waals surface area contributed by atoms with Crippen LogP contribution < -0.4 is 14.2 Å². The molecule has 0 heterocycles. The topological polar surface area (TPSA) is 64.6 Å². The van der Waals surface area contributed by atoms with Gasteiger partial charge < -0.3 is 9.47 Å². The standard InChI is InChI=1S/C16H18FNO4S/c1-3-21-15-10-9-12(11-16(15)22-4-2)23(19,20)18-14-8-6-5-7-13(14)17/h5-11,18H,3-4H2,1-2H3. The highest BCUT2D eigenvalue weighted by Crippen LogP contribution is 2.31. The minimum absolute atomic E-state index is 0.0346. The lowest BCUT2D eigenvalue weighted by Crippen LogP contribution is -2.14. The zero-order valence-corrected chi connectivity index (χ0v) is 13.7. The van der Waals surface area contributed by atoms with Crippen molar-refractivity contribution in [1.29, 1.82) is 0 Å². The molecule has 0 aliphatic carbocycles. The average molecular weight is 339 g/mol. The maximum Gasteiger partial charge on any atom is 0.262 e. The second-order valence-corrected chi connectivity index (χ2v) is 6.24. The lowest BCUT2D eigenvalue weighted by atomic mass is 10.3. The monoisotopic (exact) mass is 339 g/mol. The van der Waals surface area contributed by atoms with Crippen molar-refractivity contribution >= 4 is 15.7 Å². The SMILES string of the molecule is CCOc1ccc(S(=O)(=O)Nc2ccccc2F)cc1OCC. The van der Waals surface area contributed by atoms with Gasteiger partial charge in [0.05, 0.1) is 23.8 Å². The van der Waals surface area contributed by atoms with E-state index in [-0.39, 0.29) is 10.6 Å². The summed E-state index contributed by atoms with van der Waals surface area (Å²) in [6, 6.07) is 9.83. The molecule has 2 rings (SSSR count). The van der Waals surface area contributed by atoms with Gasteiger partial charge >= 0.3 is 0 Å². The van der Waals surface area contributed by atoms with Gasteiger partial charge in [-0.05, 0) is 38.1 Å². The minimum Gasteiger partial charge on any atom is -0.490 e. The van der Waals surface area contributed by atoms with Crippen molar-refractivity contribution < 1.29 is 22.3 Å². The Bertz CT molecular complexity index is 777. The molecule has 0 aliphatic heterocycles. The van der Waals surface area contributed by atoms with Crippen LogP contribution in [0.4, 0.5) is 10.1 Å². The first-order valence-electron chi connectivity index (χ1n) is 7.15. The third-order valence-electron chi connectivity index (χ3n) is 2.94. The first-order valence-corrected chi connectivity index (χ1v) is 8.63. The lowest BCUT2D eigenvalue weighted by molar-refractivity contribution is 0.287. The summed E-state index contributed by atoms with van der Waals surface area (Å²) in [5.41, 5.74) is -0.112. The fourth-order valence-electron chi connectivity index (χ4n) is 1.95. The van der Waals surface area contributed by atoms with Gasteiger partial charge in [-0.1, -0.05) is 12.1 Å². The Morgan fingerprint density at radius 2 is 1.65 bits per heavy atom. The van der Waals surface area contributed by atoms with E-state index in [1.165, 1.54) is 36.4 Å². The summed E-state index contributed by atoms with van der Waals surface area (Å²) in [4.78, 5) is -0.0346. The van der Waals surface area contributed by atoms with Crippen LogP contribution in [0, 0.1) is 5.82 Å². The number of halogens is 1. The molecule has 0 saturated carbocycles. The molecule has 5 nitrogen and oxygen atoms in total. The second-order valence-electron chi connectivity index (χ2n) is 4.56. The maximum atomic E-state index is 13.6. The Hall–Kier alpha value is -2.28. The molecule has 0 spiro atoms. The summed E-state index contributed by atoms with van der Waals surface area (Å²) in [6.45, 7) is 4.40. The predicted molar refractivity (Wildman–Crippen MR) is 86.0 cm³/mol. The molecule has 1 N–H and O–H groups in total. The number of sulfonamides is 1. The summed E-state index contributed by atoms with van der Waals surface area (Å²) in [5, 5.41) is 0. The molecule has 7 heteroatoms. The van der Waals surface area contributed by atoms with Crippen LogP contribution in [0.5, 0.6) is 11.5 Å². The van der Waals surface area contributed by atoms with E-state index < -0.39 is 15.8 Å². The van der Waals surface area contributed by atoms with Gasteiger partial charge in [0, 0.05) is 6.07 Å². The third kappa shape index (κ3) is 4.13. The van der Waals surface area contributed by atoms with Crippen molar-refractivity contribution in [3.8, 4) is 11.5 Å². The normalized spacial score (nSPS) is 11.1. The summed E-state index contributed by atoms with van der Waals surface area (Å²) in [6.07, 6.45) is 0. The van der Waals surface area contributed by atoms with Crippen LogP contribution in [-0.2, 0) is 10.0 Å². The summed E-state index contributed by atoms with van der Waals surface area (Å²) < 4.78 is 51.5. The van der Waals surface area contributed by atoms with E-state index in [1.807, 2.05) is 6.92 Å². The number of anilines is 1. The van der Waals surface area contributed by atoms with Gasteiger partial charge in [-0.3, -0.25) is 4.72 Å². The molecule has 0 atom stereocenters. The number of nitrogens with one attached hydrogen (secondary N) is 1. The summed E-state index contributed by atoms with van der Waals surface area (Å²) >= 11 is 0. The van der Waals surface area contributed by atoms with Crippen LogP contribution in [-0.4, -0.2) is 21.6 Å². The maximum absolute atomic E-state index is 13.6. The number of ether oxygens (including phenoxy) is 2. The van der Waals surface area contributed by atoms with Gasteiger partial charge in [-0.25, -0.2) is 12.8 Å². The first kappa shape index (κ1) is 17.1. The minimum atomic E-state index is -3.93. The molecule has 0 bridgehead atoms. The lowest BCUT2D eigenvalue weighted by Gasteiger charge is -2.13. The van der Waals surface area contributed by atoms with E-state index in [0.29, 0.717) is 24.7 Å². The predicted octanol–water partition coefficient (Wildman–Crippen LogP) is 3.42. The van der Waals surface area contributed by atoms with Gasteiger partial charge in [-0.15, -0.1) is 0 Å². The van der Waals surface area contributed by atoms with Crippen LogP contribution in [0.15, 0.2) is 47.4 Å². The van der Waals surface area contributed by atoms with E-state index in [1.54, 1.807) is 13.0 Å². The summed E-state index contributed by atoms with van der Waals surface area (Å²) in [5.74, 6) is 0.136. The van der Waals surface area contributed by atoms with E-state index in [2.05, 4.69) is 4.72 Å². The van der Waals surface area contributed by atoms with E-state index in [9.17, 15) is 12.8 Å². The molecule has 0 aliphatic rings. The molecular weight excluding hydrogens is 321 g/mol. The number of rotatable bonds is 7. The van der Waals surface area contributed by atoms with Crippen molar-refractivity contribution in [3.63, 3.8) is 0 Å². The molecular formula is C16H18FNO4S. The quantitative estimate of drug-likeness (QED) is 0.839. The van der Waals surface area contributed by atoms with Crippen LogP contribution in [0.3, 0.4) is 0 Å². The molecule has 2 aromatic carbocycles. The molecule has 0 aromatic heterocycles. The Kier molecular flexibility index (Phi) is 5.44. The second kappa shape index (κ2) is 7.32. The Balaban J connectivity index is 2.36. The smallest absolute Gasteiger partial charge is 0.262 e. The molecule has 0 amide bonds. The van der Waals surface area contributed by atoms with Gasteiger partial charge in [0.25, 0.3) is 10.0 Å². The zero-order valence-electron chi connectivity index (χ0n) is 12.9. The summed E-state index contributed by atoms with van der Waals surface area (Å²) in [7, 11) is -3.93. The van der Waals surface area contributed by atoms with E-state index >= 15 is 0 Å². The number of hydrogen-bond donors (Lipinski definition) is 1. The third-order valence-corrected chi connectivity index (χ3v) is 4.31. The van der Waals surface area contributed by atoms with Gasteiger partial charge in [0.1, 0.15) is 5.82 Å². The van der Waals surface area contributed by atoms with Gasteiger partial charge in [-0.2, -0.15) is 0 Å². The van der Waals surface area contributed by atoms with Crippen LogP contribution in [0.25, 0.3) is 0 Å². The highest BCUT2D eigenvalue weighted by molar-refractivity contribution is 7.92. The van der Waals surface area contributed by atoms with Gasteiger partial charge in [0.2, 0.25) is 0 Å². The largest absolute Gasteiger partial charge is 0.490 e. The van der Waals surface area contributed by atoms with Crippen molar-refractivity contribution in [2.45, 2.75) is 18.7 Å². The fraction of sp³-hybridized carbons (Fsp3) is 0.250. The van der Waals surface area contributed by atoms with Crippen molar-refractivity contribution in [1.82, 2.24) is 0 Å². The zero-order chi connectivity index (χ0) is 16.9. The molecule has 0 radical (unpaired) electrons. The molecule has 23 heavy (non-hydrogen) atoms.